The monoisotopic (exact) mass is 265 g/mol. The lowest BCUT2D eigenvalue weighted by molar-refractivity contribution is -0.143. The Morgan fingerprint density at radius 1 is 1.53 bits per heavy atom. The highest BCUT2D eigenvalue weighted by molar-refractivity contribution is 5.77. The van der Waals surface area contributed by atoms with E-state index in [0.29, 0.717) is 6.42 Å². The Bertz CT molecular complexity index is 406. The lowest BCUT2D eigenvalue weighted by Gasteiger charge is -2.30. The summed E-state index contributed by atoms with van der Waals surface area (Å²) in [4.78, 5) is 17.1. The van der Waals surface area contributed by atoms with Crippen molar-refractivity contribution < 1.29 is 9.90 Å². The molecule has 0 aromatic carbocycles. The molecule has 0 aliphatic heterocycles. The number of carboxylic acid groups (broad SMARTS) is 1. The molecule has 0 aliphatic rings. The Kier molecular flexibility index (Phi) is 5.44. The van der Waals surface area contributed by atoms with Crippen molar-refractivity contribution in [3.05, 3.63) is 30.1 Å². The quantitative estimate of drug-likeness (QED) is 0.772. The lowest BCUT2D eigenvalue weighted by Crippen LogP contribution is -2.49. The third kappa shape index (κ3) is 4.96. The summed E-state index contributed by atoms with van der Waals surface area (Å²) < 4.78 is 0. The molecule has 0 radical (unpaired) electrons. The minimum Gasteiger partial charge on any atom is -0.480 e. The first-order chi connectivity index (χ1) is 8.83. The second-order valence-electron chi connectivity index (χ2n) is 5.36. The van der Waals surface area contributed by atoms with E-state index in [0.717, 1.165) is 13.0 Å². The zero-order chi connectivity index (χ0) is 14.5. The van der Waals surface area contributed by atoms with Gasteiger partial charge in [0.15, 0.2) is 0 Å². The van der Waals surface area contributed by atoms with Crippen LogP contribution in [0.1, 0.15) is 25.8 Å². The molecule has 5 nitrogen and oxygen atoms in total. The van der Waals surface area contributed by atoms with Crippen LogP contribution in [0.3, 0.4) is 0 Å². The van der Waals surface area contributed by atoms with Crippen LogP contribution in [0, 0.1) is 0 Å². The summed E-state index contributed by atoms with van der Waals surface area (Å²) >= 11 is 0. The predicted molar refractivity (Wildman–Crippen MR) is 74.9 cm³/mol. The molecule has 0 fully saturated rings. The number of carboxylic acids is 1. The van der Waals surface area contributed by atoms with Crippen LogP contribution < -0.4 is 5.73 Å². The van der Waals surface area contributed by atoms with Gasteiger partial charge >= 0.3 is 5.97 Å². The van der Waals surface area contributed by atoms with E-state index < -0.39 is 11.5 Å². The van der Waals surface area contributed by atoms with Gasteiger partial charge in [0, 0.05) is 25.0 Å². The van der Waals surface area contributed by atoms with E-state index in [1.807, 2.05) is 26.1 Å². The number of hydrogen-bond acceptors (Lipinski definition) is 4. The fourth-order valence-corrected chi connectivity index (χ4v) is 1.93. The van der Waals surface area contributed by atoms with E-state index in [4.69, 9.17) is 10.8 Å². The molecular formula is C14H23N3O2. The molecule has 0 saturated carbocycles. The molecule has 2 atom stereocenters. The largest absolute Gasteiger partial charge is 0.480 e. The topological polar surface area (TPSA) is 79.5 Å². The molecular weight excluding hydrogens is 242 g/mol. The van der Waals surface area contributed by atoms with Gasteiger partial charge in [-0.05, 0) is 51.4 Å². The van der Waals surface area contributed by atoms with Gasteiger partial charge in [-0.3, -0.25) is 9.78 Å². The van der Waals surface area contributed by atoms with Crippen LogP contribution >= 0.6 is 0 Å². The molecule has 19 heavy (non-hydrogen) atoms. The van der Waals surface area contributed by atoms with Crippen molar-refractivity contribution in [3.8, 4) is 0 Å². The average Bonchev–Trinajstić information content (AvgIpc) is 2.36. The van der Waals surface area contributed by atoms with Gasteiger partial charge in [0.25, 0.3) is 0 Å². The third-order valence-corrected chi connectivity index (χ3v) is 3.46. The van der Waals surface area contributed by atoms with Crippen LogP contribution in [-0.2, 0) is 11.2 Å². The van der Waals surface area contributed by atoms with Gasteiger partial charge in [0.05, 0.1) is 0 Å². The minimum atomic E-state index is -1.18. The highest BCUT2D eigenvalue weighted by atomic mass is 16.4. The van der Waals surface area contributed by atoms with Crippen LogP contribution in [0.5, 0.6) is 0 Å². The van der Waals surface area contributed by atoms with E-state index in [-0.39, 0.29) is 6.04 Å². The normalized spacial score (nSPS) is 16.1. The number of aliphatic carboxylic acids is 1. The summed E-state index contributed by atoms with van der Waals surface area (Å²) in [6.07, 6.45) is 4.90. The van der Waals surface area contributed by atoms with Gasteiger partial charge in [0.2, 0.25) is 0 Å². The number of hydrogen-bond donors (Lipinski definition) is 2. The molecule has 106 valence electrons. The standard InChI is InChI=1S/C14H23N3O2/c1-11(10-14(2,15)13(18)19)17(3)9-6-12-4-7-16-8-5-12/h4-5,7-8,11H,6,9-10,15H2,1-3H3,(H,18,19). The van der Waals surface area contributed by atoms with Gasteiger partial charge in [-0.2, -0.15) is 0 Å². The molecule has 3 N–H and O–H groups in total. The maximum atomic E-state index is 11.0. The molecule has 0 bridgehead atoms. The number of rotatable bonds is 7. The highest BCUT2D eigenvalue weighted by Gasteiger charge is 2.30. The highest BCUT2D eigenvalue weighted by Crippen LogP contribution is 2.13. The Morgan fingerprint density at radius 2 is 2.11 bits per heavy atom. The molecule has 2 unspecified atom stereocenters. The molecule has 0 spiro atoms. The SMILES string of the molecule is CC(CC(C)(N)C(=O)O)N(C)CCc1ccncc1. The summed E-state index contributed by atoms with van der Waals surface area (Å²) in [6.45, 7) is 4.42. The fraction of sp³-hybridized carbons (Fsp3) is 0.571. The van der Waals surface area contributed by atoms with Gasteiger partial charge in [0.1, 0.15) is 5.54 Å². The first-order valence-corrected chi connectivity index (χ1v) is 6.44. The van der Waals surface area contributed by atoms with E-state index in [9.17, 15) is 4.79 Å². The Morgan fingerprint density at radius 3 is 2.63 bits per heavy atom. The maximum Gasteiger partial charge on any atom is 0.323 e. The zero-order valence-electron chi connectivity index (χ0n) is 11.8. The van der Waals surface area contributed by atoms with Crippen molar-refractivity contribution in [2.45, 2.75) is 38.3 Å². The fourth-order valence-electron chi connectivity index (χ4n) is 1.93. The summed E-state index contributed by atoms with van der Waals surface area (Å²) in [7, 11) is 1.99. The van der Waals surface area contributed by atoms with Crippen molar-refractivity contribution in [3.63, 3.8) is 0 Å². The van der Waals surface area contributed by atoms with Gasteiger partial charge in [-0.25, -0.2) is 0 Å². The zero-order valence-corrected chi connectivity index (χ0v) is 11.8. The number of likely N-dealkylation sites (N-methyl/N-ethyl adjacent to an activating group) is 1. The second kappa shape index (κ2) is 6.63. The number of nitrogens with zero attached hydrogens (tertiary/aromatic N) is 2. The minimum absolute atomic E-state index is 0.118. The number of pyridine rings is 1. The molecule has 1 rings (SSSR count). The molecule has 0 aliphatic carbocycles. The molecule has 1 heterocycles. The van der Waals surface area contributed by atoms with Crippen molar-refractivity contribution in [2.24, 2.45) is 5.73 Å². The van der Waals surface area contributed by atoms with Crippen molar-refractivity contribution >= 4 is 5.97 Å². The summed E-state index contributed by atoms with van der Waals surface area (Å²) in [5.74, 6) is -0.957. The van der Waals surface area contributed by atoms with Crippen LogP contribution in [-0.4, -0.2) is 46.1 Å². The maximum absolute atomic E-state index is 11.0. The second-order valence-corrected chi connectivity index (χ2v) is 5.36. The predicted octanol–water partition coefficient (Wildman–Crippen LogP) is 1.14. The van der Waals surface area contributed by atoms with Crippen LogP contribution in [0.2, 0.25) is 0 Å². The molecule has 1 aromatic rings. The number of carbonyl (C=O) groups is 1. The molecule has 0 amide bonds. The average molecular weight is 265 g/mol. The smallest absolute Gasteiger partial charge is 0.323 e. The molecule has 0 saturated heterocycles. The van der Waals surface area contributed by atoms with Crippen molar-refractivity contribution in [2.75, 3.05) is 13.6 Å². The number of nitrogens with two attached hydrogens (primary N) is 1. The van der Waals surface area contributed by atoms with E-state index in [1.54, 1.807) is 19.3 Å². The summed E-state index contributed by atoms with van der Waals surface area (Å²) in [5, 5.41) is 9.03. The van der Waals surface area contributed by atoms with Crippen LogP contribution in [0.15, 0.2) is 24.5 Å². The van der Waals surface area contributed by atoms with Crippen LogP contribution in [0.25, 0.3) is 0 Å². The van der Waals surface area contributed by atoms with Gasteiger partial charge in [-0.15, -0.1) is 0 Å². The summed E-state index contributed by atoms with van der Waals surface area (Å²) in [6, 6.07) is 4.10. The lowest BCUT2D eigenvalue weighted by atomic mass is 9.94. The Labute approximate surface area is 114 Å². The Hall–Kier alpha value is -1.46. The third-order valence-electron chi connectivity index (χ3n) is 3.46. The van der Waals surface area contributed by atoms with Crippen molar-refractivity contribution in [1.29, 1.82) is 0 Å². The number of aromatic nitrogens is 1. The van der Waals surface area contributed by atoms with Crippen LogP contribution in [0.4, 0.5) is 0 Å². The Balaban J connectivity index is 2.45. The summed E-state index contributed by atoms with van der Waals surface area (Å²) in [5.41, 5.74) is 5.82. The first kappa shape index (κ1) is 15.6. The van der Waals surface area contributed by atoms with Crippen molar-refractivity contribution in [1.82, 2.24) is 9.88 Å². The molecule has 5 heteroatoms. The van der Waals surface area contributed by atoms with Gasteiger partial charge in [-0.1, -0.05) is 0 Å². The van der Waals surface area contributed by atoms with Gasteiger partial charge < -0.3 is 15.7 Å². The first-order valence-electron chi connectivity index (χ1n) is 6.44. The van der Waals surface area contributed by atoms with E-state index in [1.165, 1.54) is 5.56 Å². The van der Waals surface area contributed by atoms with E-state index in [2.05, 4.69) is 9.88 Å². The molecule has 1 aromatic heterocycles. The van der Waals surface area contributed by atoms with E-state index >= 15 is 0 Å².